The molecular weight excluding hydrogens is 320 g/mol. The van der Waals surface area contributed by atoms with Crippen molar-refractivity contribution in [2.75, 3.05) is 25.9 Å². The van der Waals surface area contributed by atoms with Crippen molar-refractivity contribution < 1.29 is 9.53 Å². The van der Waals surface area contributed by atoms with E-state index in [2.05, 4.69) is 20.3 Å². The highest BCUT2D eigenvalue weighted by atomic mass is 16.5. The van der Waals surface area contributed by atoms with Crippen LogP contribution in [0.4, 0.5) is 11.5 Å². The van der Waals surface area contributed by atoms with Gasteiger partial charge in [0.2, 0.25) is 5.96 Å². The van der Waals surface area contributed by atoms with Gasteiger partial charge in [0.15, 0.2) is 0 Å². The third kappa shape index (κ3) is 2.57. The number of amides is 1. The lowest BCUT2D eigenvalue weighted by molar-refractivity contribution is 0.0974. The van der Waals surface area contributed by atoms with Crippen LogP contribution in [-0.4, -0.2) is 47.8 Å². The van der Waals surface area contributed by atoms with E-state index in [1.54, 1.807) is 19.2 Å². The Hall–Kier alpha value is -3.42. The number of aromatic nitrogens is 1. The van der Waals surface area contributed by atoms with Gasteiger partial charge in [0, 0.05) is 18.3 Å². The molecular formula is C17H16N6O2. The zero-order valence-corrected chi connectivity index (χ0v) is 13.6. The number of benzene rings is 1. The van der Waals surface area contributed by atoms with E-state index >= 15 is 0 Å². The molecule has 126 valence electrons. The predicted octanol–water partition coefficient (Wildman–Crippen LogP) is 1.17. The van der Waals surface area contributed by atoms with E-state index in [4.69, 9.17) is 10.5 Å². The molecule has 0 atom stereocenters. The minimum atomic E-state index is -0.309. The molecule has 1 amide bonds. The van der Waals surface area contributed by atoms with Gasteiger partial charge < -0.3 is 10.5 Å². The second-order valence-electron chi connectivity index (χ2n) is 5.57. The first kappa shape index (κ1) is 15.1. The normalized spacial score (nSPS) is 15.0. The largest absolute Gasteiger partial charge is 0.494 e. The molecule has 8 heteroatoms. The SMILES string of the molecule is COc1cccc2c1N=C(NC(=O)c1ccc(N)nc1)N1CCN=C21. The van der Waals surface area contributed by atoms with Gasteiger partial charge in [-0.2, -0.15) is 0 Å². The number of carbonyl (C=O) groups excluding carboxylic acids is 1. The highest BCUT2D eigenvalue weighted by molar-refractivity contribution is 6.19. The van der Waals surface area contributed by atoms with Crippen LogP contribution >= 0.6 is 0 Å². The lowest BCUT2D eigenvalue weighted by atomic mass is 10.1. The van der Waals surface area contributed by atoms with Gasteiger partial charge in [-0.3, -0.25) is 20.0 Å². The Labute approximate surface area is 144 Å². The Balaban J connectivity index is 1.71. The molecule has 0 saturated carbocycles. The van der Waals surface area contributed by atoms with Crippen molar-refractivity contribution in [2.45, 2.75) is 0 Å². The average Bonchev–Trinajstić information content (AvgIpc) is 3.12. The molecule has 0 saturated heterocycles. The first-order valence-electron chi connectivity index (χ1n) is 7.78. The van der Waals surface area contributed by atoms with Crippen molar-refractivity contribution in [1.29, 1.82) is 0 Å². The first-order valence-corrected chi connectivity index (χ1v) is 7.78. The maximum atomic E-state index is 12.5. The lowest BCUT2D eigenvalue weighted by Gasteiger charge is -2.28. The van der Waals surface area contributed by atoms with Gasteiger partial charge in [0.25, 0.3) is 5.91 Å². The fourth-order valence-corrected chi connectivity index (χ4v) is 2.84. The number of nitrogens with zero attached hydrogens (tertiary/aromatic N) is 4. The Morgan fingerprint density at radius 1 is 1.32 bits per heavy atom. The van der Waals surface area contributed by atoms with Crippen LogP contribution in [0.1, 0.15) is 15.9 Å². The summed E-state index contributed by atoms with van der Waals surface area (Å²) in [7, 11) is 1.59. The maximum Gasteiger partial charge on any atom is 0.259 e. The van der Waals surface area contributed by atoms with Crippen LogP contribution in [0.5, 0.6) is 5.75 Å². The Kier molecular flexibility index (Phi) is 3.57. The predicted molar refractivity (Wildman–Crippen MR) is 94.3 cm³/mol. The molecule has 4 rings (SSSR count). The van der Waals surface area contributed by atoms with Gasteiger partial charge in [0.1, 0.15) is 23.1 Å². The van der Waals surface area contributed by atoms with Crippen LogP contribution in [0.2, 0.25) is 0 Å². The monoisotopic (exact) mass is 336 g/mol. The molecule has 1 aromatic heterocycles. The fourth-order valence-electron chi connectivity index (χ4n) is 2.84. The van der Waals surface area contributed by atoms with Crippen molar-refractivity contribution in [3.63, 3.8) is 0 Å². The van der Waals surface area contributed by atoms with Gasteiger partial charge in [-0.25, -0.2) is 9.98 Å². The summed E-state index contributed by atoms with van der Waals surface area (Å²) in [5.41, 5.74) is 7.52. The van der Waals surface area contributed by atoms with Crippen molar-refractivity contribution in [1.82, 2.24) is 15.2 Å². The number of amidine groups is 1. The molecule has 0 fully saturated rings. The number of pyridine rings is 1. The van der Waals surface area contributed by atoms with Gasteiger partial charge in [-0.05, 0) is 24.3 Å². The number of aliphatic imine (C=N–C) groups is 2. The summed E-state index contributed by atoms with van der Waals surface area (Å²) in [6.45, 7) is 1.30. The number of anilines is 1. The molecule has 2 aromatic rings. The van der Waals surface area contributed by atoms with E-state index in [1.807, 2.05) is 23.1 Å². The number of guanidine groups is 1. The second-order valence-corrected chi connectivity index (χ2v) is 5.57. The second kappa shape index (κ2) is 5.90. The topological polar surface area (TPSA) is 105 Å². The molecule has 1 aromatic carbocycles. The zero-order chi connectivity index (χ0) is 17.4. The fraction of sp³-hybridized carbons (Fsp3) is 0.176. The van der Waals surface area contributed by atoms with Gasteiger partial charge in [-0.1, -0.05) is 6.07 Å². The number of fused-ring (bicyclic) bond motifs is 3. The molecule has 0 radical (unpaired) electrons. The number of nitrogen functional groups attached to an aromatic ring is 1. The number of nitrogens with two attached hydrogens (primary N) is 1. The van der Waals surface area contributed by atoms with Gasteiger partial charge >= 0.3 is 0 Å². The quantitative estimate of drug-likeness (QED) is 0.856. The summed E-state index contributed by atoms with van der Waals surface area (Å²) in [6.07, 6.45) is 1.43. The minimum absolute atomic E-state index is 0.309. The number of ether oxygens (including phenoxy) is 1. The number of hydrogen-bond donors (Lipinski definition) is 2. The van der Waals surface area contributed by atoms with E-state index in [9.17, 15) is 4.79 Å². The minimum Gasteiger partial charge on any atom is -0.494 e. The number of methoxy groups -OCH3 is 1. The summed E-state index contributed by atoms with van der Waals surface area (Å²) >= 11 is 0. The zero-order valence-electron chi connectivity index (χ0n) is 13.6. The molecule has 0 bridgehead atoms. The van der Waals surface area contributed by atoms with Gasteiger partial charge in [-0.15, -0.1) is 0 Å². The summed E-state index contributed by atoms with van der Waals surface area (Å²) in [6, 6.07) is 8.88. The van der Waals surface area contributed by atoms with Crippen LogP contribution in [-0.2, 0) is 0 Å². The molecule has 0 aliphatic carbocycles. The smallest absolute Gasteiger partial charge is 0.259 e. The third-order valence-electron chi connectivity index (χ3n) is 4.05. The van der Waals surface area contributed by atoms with E-state index < -0.39 is 0 Å². The first-order chi connectivity index (χ1) is 12.2. The molecule has 2 aliphatic rings. The van der Waals surface area contributed by atoms with E-state index in [0.717, 1.165) is 11.4 Å². The highest BCUT2D eigenvalue weighted by Crippen LogP contribution is 2.36. The number of rotatable bonds is 2. The maximum absolute atomic E-state index is 12.5. The Bertz CT molecular complexity index is 904. The third-order valence-corrected chi connectivity index (χ3v) is 4.05. The van der Waals surface area contributed by atoms with Crippen molar-refractivity contribution >= 4 is 29.2 Å². The molecule has 25 heavy (non-hydrogen) atoms. The molecule has 0 unspecified atom stereocenters. The molecule has 3 heterocycles. The van der Waals surface area contributed by atoms with Gasteiger partial charge in [0.05, 0.1) is 19.2 Å². The number of hydrogen-bond acceptors (Lipinski definition) is 7. The Morgan fingerprint density at radius 3 is 2.96 bits per heavy atom. The van der Waals surface area contributed by atoms with Crippen LogP contribution in [0.15, 0.2) is 46.5 Å². The van der Waals surface area contributed by atoms with Crippen molar-refractivity contribution in [3.05, 3.63) is 47.7 Å². The van der Waals surface area contributed by atoms with Crippen LogP contribution in [0, 0.1) is 0 Å². The molecule has 0 spiro atoms. The van der Waals surface area contributed by atoms with Crippen LogP contribution in [0.3, 0.4) is 0 Å². The summed E-state index contributed by atoms with van der Waals surface area (Å²) in [5, 5.41) is 2.84. The number of nitrogens with one attached hydrogen (secondary N) is 1. The van der Waals surface area contributed by atoms with E-state index in [-0.39, 0.29) is 5.91 Å². The summed E-state index contributed by atoms with van der Waals surface area (Å²) < 4.78 is 5.40. The number of carbonyl (C=O) groups is 1. The summed E-state index contributed by atoms with van der Waals surface area (Å²) in [4.78, 5) is 27.5. The summed E-state index contributed by atoms with van der Waals surface area (Å²) in [5.74, 6) is 1.90. The lowest BCUT2D eigenvalue weighted by Crippen LogP contribution is -2.47. The highest BCUT2D eigenvalue weighted by Gasteiger charge is 2.32. The standard InChI is InChI=1S/C17H16N6O2/c1-25-12-4-2-3-11-14(12)21-17(23-8-7-19-15(11)23)22-16(24)10-5-6-13(18)20-9-10/h2-6,9H,7-8H2,1H3,(H2,18,20)(H,21,22,24). The Morgan fingerprint density at radius 2 is 2.20 bits per heavy atom. The van der Waals surface area contributed by atoms with Crippen LogP contribution in [0.25, 0.3) is 0 Å². The van der Waals surface area contributed by atoms with E-state index in [0.29, 0.717) is 41.9 Å². The molecule has 3 N–H and O–H groups in total. The molecule has 8 nitrogen and oxygen atoms in total. The number of para-hydroxylation sites is 1. The van der Waals surface area contributed by atoms with Crippen molar-refractivity contribution in [2.24, 2.45) is 9.98 Å². The van der Waals surface area contributed by atoms with Crippen molar-refractivity contribution in [3.8, 4) is 5.75 Å². The average molecular weight is 336 g/mol. The molecule has 2 aliphatic heterocycles. The van der Waals surface area contributed by atoms with E-state index in [1.165, 1.54) is 6.20 Å². The van der Waals surface area contributed by atoms with Crippen LogP contribution < -0.4 is 15.8 Å².